The third-order valence-electron chi connectivity index (χ3n) is 2.82. The molecule has 2 rings (SSSR count). The number of hydrogen-bond donors (Lipinski definition) is 2. The molecule has 1 unspecified atom stereocenters. The van der Waals surface area contributed by atoms with Gasteiger partial charge in [-0.3, -0.25) is 0 Å². The van der Waals surface area contributed by atoms with Crippen LogP contribution in [0, 0.1) is 0 Å². The van der Waals surface area contributed by atoms with Gasteiger partial charge in [-0.05, 0) is 31.2 Å². The molecular formula is C11H15ClN2O3S. The first-order valence-electron chi connectivity index (χ1n) is 5.59. The Balaban J connectivity index is 2.21. The van der Waals surface area contributed by atoms with Crippen molar-refractivity contribution in [2.75, 3.05) is 20.2 Å². The maximum Gasteiger partial charge on any atom is 0.240 e. The van der Waals surface area contributed by atoms with E-state index in [1.165, 1.54) is 19.2 Å². The first-order chi connectivity index (χ1) is 8.53. The summed E-state index contributed by atoms with van der Waals surface area (Å²) >= 11 is 5.92. The highest BCUT2D eigenvalue weighted by Crippen LogP contribution is 2.27. The van der Waals surface area contributed by atoms with E-state index in [0.717, 1.165) is 13.0 Å². The van der Waals surface area contributed by atoms with Gasteiger partial charge >= 0.3 is 0 Å². The van der Waals surface area contributed by atoms with Crippen molar-refractivity contribution in [3.8, 4) is 5.75 Å². The molecule has 1 aliphatic heterocycles. The van der Waals surface area contributed by atoms with E-state index in [4.69, 9.17) is 16.3 Å². The van der Waals surface area contributed by atoms with Crippen LogP contribution in [0.25, 0.3) is 0 Å². The third-order valence-corrected chi connectivity index (χ3v) is 4.63. The third kappa shape index (κ3) is 2.95. The molecule has 100 valence electrons. The molecule has 1 aliphatic rings. The molecule has 1 saturated heterocycles. The lowest BCUT2D eigenvalue weighted by atomic mass is 10.3. The van der Waals surface area contributed by atoms with Crippen LogP contribution < -0.4 is 14.8 Å². The molecule has 7 heteroatoms. The van der Waals surface area contributed by atoms with E-state index in [9.17, 15) is 8.42 Å². The van der Waals surface area contributed by atoms with Gasteiger partial charge in [-0.15, -0.1) is 0 Å². The molecule has 1 fully saturated rings. The minimum atomic E-state index is -3.52. The number of nitrogens with one attached hydrogen (secondary N) is 2. The summed E-state index contributed by atoms with van der Waals surface area (Å²) in [6.45, 7) is 1.49. The summed E-state index contributed by atoms with van der Waals surface area (Å²) in [5.74, 6) is 0.457. The highest BCUT2D eigenvalue weighted by molar-refractivity contribution is 7.89. The minimum absolute atomic E-state index is 0.0594. The van der Waals surface area contributed by atoms with Crippen LogP contribution in [0.4, 0.5) is 0 Å². The Labute approximate surface area is 112 Å². The smallest absolute Gasteiger partial charge is 0.240 e. The van der Waals surface area contributed by atoms with Gasteiger partial charge in [-0.25, -0.2) is 13.1 Å². The van der Waals surface area contributed by atoms with Gasteiger partial charge < -0.3 is 10.1 Å². The van der Waals surface area contributed by atoms with Gasteiger partial charge in [0.1, 0.15) is 5.75 Å². The maximum atomic E-state index is 12.1. The van der Waals surface area contributed by atoms with Gasteiger partial charge in [0.05, 0.1) is 17.0 Å². The van der Waals surface area contributed by atoms with E-state index in [1.807, 2.05) is 0 Å². The molecule has 1 aromatic carbocycles. The predicted molar refractivity (Wildman–Crippen MR) is 69.6 cm³/mol. The second kappa shape index (κ2) is 5.44. The van der Waals surface area contributed by atoms with E-state index in [2.05, 4.69) is 10.0 Å². The second-order valence-corrected chi connectivity index (χ2v) is 6.23. The van der Waals surface area contributed by atoms with Crippen molar-refractivity contribution < 1.29 is 13.2 Å². The lowest BCUT2D eigenvalue weighted by molar-refractivity contribution is 0.414. The Kier molecular flexibility index (Phi) is 4.11. The van der Waals surface area contributed by atoms with Gasteiger partial charge in [0.25, 0.3) is 0 Å². The minimum Gasteiger partial charge on any atom is -0.495 e. The summed E-state index contributed by atoms with van der Waals surface area (Å²) in [7, 11) is -2.04. The molecule has 0 saturated carbocycles. The van der Waals surface area contributed by atoms with Crippen LogP contribution in [-0.4, -0.2) is 34.7 Å². The lowest BCUT2D eigenvalue weighted by Gasteiger charge is -2.12. The molecule has 5 nitrogen and oxygen atoms in total. The number of rotatable bonds is 4. The zero-order valence-electron chi connectivity index (χ0n) is 9.94. The number of sulfonamides is 1. The molecule has 2 N–H and O–H groups in total. The van der Waals surface area contributed by atoms with E-state index < -0.39 is 10.0 Å². The van der Waals surface area contributed by atoms with Gasteiger partial charge in [0.2, 0.25) is 10.0 Å². The molecule has 0 spiro atoms. The number of halogens is 1. The zero-order valence-corrected chi connectivity index (χ0v) is 11.5. The number of ether oxygens (including phenoxy) is 1. The first kappa shape index (κ1) is 13.6. The van der Waals surface area contributed by atoms with Crippen molar-refractivity contribution in [3.63, 3.8) is 0 Å². The Morgan fingerprint density at radius 1 is 1.50 bits per heavy atom. The largest absolute Gasteiger partial charge is 0.495 e. The molecule has 1 aromatic rings. The molecule has 18 heavy (non-hydrogen) atoms. The van der Waals surface area contributed by atoms with Crippen LogP contribution in [0.15, 0.2) is 23.1 Å². The van der Waals surface area contributed by atoms with Crippen LogP contribution in [0.3, 0.4) is 0 Å². The quantitative estimate of drug-likeness (QED) is 0.868. The summed E-state index contributed by atoms with van der Waals surface area (Å²) in [6, 6.07) is 4.36. The number of hydrogen-bond acceptors (Lipinski definition) is 4. The summed E-state index contributed by atoms with van der Waals surface area (Å²) in [5.41, 5.74) is 0. The fourth-order valence-electron chi connectivity index (χ4n) is 1.86. The van der Waals surface area contributed by atoms with E-state index in [0.29, 0.717) is 12.3 Å². The lowest BCUT2D eigenvalue weighted by Crippen LogP contribution is -2.36. The molecule has 0 aromatic heterocycles. The fraction of sp³-hybridized carbons (Fsp3) is 0.455. The van der Waals surface area contributed by atoms with Crippen molar-refractivity contribution in [2.24, 2.45) is 0 Å². The van der Waals surface area contributed by atoms with Gasteiger partial charge in [-0.2, -0.15) is 0 Å². The van der Waals surface area contributed by atoms with Gasteiger partial charge in [0, 0.05) is 12.6 Å². The standard InChI is InChI=1S/C11H15ClN2O3S/c1-17-11-3-2-9(6-10(11)12)18(15,16)14-8-4-5-13-7-8/h2-3,6,8,13-14H,4-5,7H2,1H3. The summed E-state index contributed by atoms with van der Waals surface area (Å²) in [5, 5.41) is 3.39. The fourth-order valence-corrected chi connectivity index (χ4v) is 3.48. The van der Waals surface area contributed by atoms with Crippen LogP contribution in [0.2, 0.25) is 5.02 Å². The Hall–Kier alpha value is -0.820. The molecule has 1 atom stereocenters. The van der Waals surface area contributed by atoms with Crippen molar-refractivity contribution in [1.29, 1.82) is 0 Å². The monoisotopic (exact) mass is 290 g/mol. The number of methoxy groups -OCH3 is 1. The first-order valence-corrected chi connectivity index (χ1v) is 7.45. The van der Waals surface area contributed by atoms with Gasteiger partial charge in [-0.1, -0.05) is 11.6 Å². The molecule has 0 aliphatic carbocycles. The van der Waals surface area contributed by atoms with Crippen LogP contribution in [-0.2, 0) is 10.0 Å². The Morgan fingerprint density at radius 2 is 2.28 bits per heavy atom. The summed E-state index contributed by atoms with van der Waals surface area (Å²) in [6.07, 6.45) is 0.795. The molecule has 1 heterocycles. The topological polar surface area (TPSA) is 67.4 Å². The second-order valence-electron chi connectivity index (χ2n) is 4.11. The molecule has 0 amide bonds. The molecule has 0 bridgehead atoms. The average Bonchev–Trinajstić information content (AvgIpc) is 2.81. The highest BCUT2D eigenvalue weighted by atomic mass is 35.5. The zero-order chi connectivity index (χ0) is 13.2. The highest BCUT2D eigenvalue weighted by Gasteiger charge is 2.23. The van der Waals surface area contributed by atoms with Crippen LogP contribution in [0.1, 0.15) is 6.42 Å². The van der Waals surface area contributed by atoms with E-state index in [-0.39, 0.29) is 16.0 Å². The SMILES string of the molecule is COc1ccc(S(=O)(=O)NC2CCNC2)cc1Cl. The summed E-state index contributed by atoms with van der Waals surface area (Å²) in [4.78, 5) is 0.153. The van der Waals surface area contributed by atoms with Crippen LogP contribution in [0.5, 0.6) is 5.75 Å². The van der Waals surface area contributed by atoms with Gasteiger partial charge in [0.15, 0.2) is 0 Å². The predicted octanol–water partition coefficient (Wildman–Crippen LogP) is 0.989. The van der Waals surface area contributed by atoms with Crippen molar-refractivity contribution in [1.82, 2.24) is 10.0 Å². The summed E-state index contributed by atoms with van der Waals surface area (Å²) < 4.78 is 31.8. The Bertz CT molecular complexity index is 527. The van der Waals surface area contributed by atoms with E-state index >= 15 is 0 Å². The van der Waals surface area contributed by atoms with E-state index in [1.54, 1.807) is 6.07 Å². The van der Waals surface area contributed by atoms with Crippen molar-refractivity contribution >= 4 is 21.6 Å². The van der Waals surface area contributed by atoms with Crippen molar-refractivity contribution in [3.05, 3.63) is 23.2 Å². The molecule has 0 radical (unpaired) electrons. The van der Waals surface area contributed by atoms with Crippen molar-refractivity contribution in [2.45, 2.75) is 17.4 Å². The van der Waals surface area contributed by atoms with Crippen LogP contribution >= 0.6 is 11.6 Å². The Morgan fingerprint density at radius 3 is 2.83 bits per heavy atom. The maximum absolute atomic E-state index is 12.1. The number of benzene rings is 1. The normalized spacial score (nSPS) is 20.0. The average molecular weight is 291 g/mol. The molecular weight excluding hydrogens is 276 g/mol.